The van der Waals surface area contributed by atoms with Gasteiger partial charge in [-0.3, -0.25) is 14.2 Å². The van der Waals surface area contributed by atoms with Gasteiger partial charge in [0.2, 0.25) is 5.78 Å². The largest absolute Gasteiger partial charge is 0.291 e. The minimum Gasteiger partial charge on any atom is -0.291 e. The van der Waals surface area contributed by atoms with E-state index in [0.29, 0.717) is 21.6 Å². The van der Waals surface area contributed by atoms with Crippen molar-refractivity contribution < 1.29 is 0 Å². The highest BCUT2D eigenvalue weighted by molar-refractivity contribution is 7.98. The van der Waals surface area contributed by atoms with Crippen LogP contribution in [0.3, 0.4) is 0 Å². The smallest absolute Gasteiger partial charge is 0.252 e. The van der Waals surface area contributed by atoms with Gasteiger partial charge in [0.25, 0.3) is 5.56 Å². The topological polar surface area (TPSA) is 63.0 Å². The van der Waals surface area contributed by atoms with Gasteiger partial charge in [-0.15, -0.1) is 10.2 Å². The van der Waals surface area contributed by atoms with Crippen LogP contribution in [0.25, 0.3) is 5.78 Å². The van der Waals surface area contributed by atoms with Gasteiger partial charge in [0, 0.05) is 27.6 Å². The minimum atomic E-state index is -0.161. The molecule has 120 valence electrons. The number of aryl methyl sites for hydroxylation is 1. The number of nitrogens with zero attached hydrogens (tertiary/aromatic N) is 3. The first-order chi connectivity index (χ1) is 11.1. The molecule has 23 heavy (non-hydrogen) atoms. The van der Waals surface area contributed by atoms with E-state index >= 15 is 0 Å². The molecule has 5 nitrogen and oxygen atoms in total. The van der Waals surface area contributed by atoms with Gasteiger partial charge < -0.3 is 0 Å². The summed E-state index contributed by atoms with van der Waals surface area (Å²) in [4.78, 5) is 14.4. The van der Waals surface area contributed by atoms with Gasteiger partial charge in [-0.25, -0.2) is 0 Å². The van der Waals surface area contributed by atoms with Crippen molar-refractivity contribution in [2.75, 3.05) is 0 Å². The molecule has 0 amide bonds. The van der Waals surface area contributed by atoms with Crippen LogP contribution in [0.5, 0.6) is 0 Å². The number of halogens is 2. The van der Waals surface area contributed by atoms with Crippen LogP contribution >= 0.6 is 35.0 Å². The van der Waals surface area contributed by atoms with E-state index in [1.54, 1.807) is 12.1 Å². The summed E-state index contributed by atoms with van der Waals surface area (Å²) in [6, 6.07) is 7.03. The summed E-state index contributed by atoms with van der Waals surface area (Å²) in [7, 11) is 0. The highest BCUT2D eigenvalue weighted by atomic mass is 35.5. The quantitative estimate of drug-likeness (QED) is 0.692. The Morgan fingerprint density at radius 3 is 2.83 bits per heavy atom. The van der Waals surface area contributed by atoms with Gasteiger partial charge >= 0.3 is 0 Å². The van der Waals surface area contributed by atoms with E-state index < -0.39 is 0 Å². The summed E-state index contributed by atoms with van der Waals surface area (Å²) in [5, 5.41) is 10.2. The van der Waals surface area contributed by atoms with E-state index in [0.717, 1.165) is 29.3 Å². The fourth-order valence-corrected chi connectivity index (χ4v) is 3.81. The van der Waals surface area contributed by atoms with E-state index in [4.69, 9.17) is 23.2 Å². The van der Waals surface area contributed by atoms with Crippen LogP contribution in [0.2, 0.25) is 10.0 Å². The standard InChI is InChI=1S/C15H14Cl2N4OS/c1-2-3-11-7-13(22)18-14-19-20-15(21(11)14)23-8-9-4-5-10(16)6-12(9)17/h4-7H,2-3,8H2,1H3,(H,18,19,22). The third-order valence-electron chi connectivity index (χ3n) is 3.33. The Morgan fingerprint density at radius 2 is 2.09 bits per heavy atom. The molecule has 1 aromatic carbocycles. The van der Waals surface area contributed by atoms with Crippen molar-refractivity contribution in [3.05, 3.63) is 55.9 Å². The molecule has 0 aliphatic heterocycles. The van der Waals surface area contributed by atoms with Crippen molar-refractivity contribution in [3.63, 3.8) is 0 Å². The first-order valence-electron chi connectivity index (χ1n) is 7.12. The maximum absolute atomic E-state index is 11.7. The molecule has 0 bridgehead atoms. The zero-order valence-electron chi connectivity index (χ0n) is 12.3. The molecule has 0 atom stereocenters. The molecular formula is C15H14Cl2N4OS. The van der Waals surface area contributed by atoms with Crippen LogP contribution in [0.1, 0.15) is 24.6 Å². The van der Waals surface area contributed by atoms with Crippen LogP contribution in [-0.4, -0.2) is 19.6 Å². The van der Waals surface area contributed by atoms with Crippen LogP contribution in [0, 0.1) is 0 Å². The average Bonchev–Trinajstić information content (AvgIpc) is 2.89. The number of thioether (sulfide) groups is 1. The molecule has 0 aliphatic carbocycles. The minimum absolute atomic E-state index is 0.161. The second-order valence-corrected chi connectivity index (χ2v) is 6.83. The molecule has 0 saturated carbocycles. The summed E-state index contributed by atoms with van der Waals surface area (Å²) >= 11 is 13.6. The number of fused-ring (bicyclic) bond motifs is 1. The number of hydrogen-bond donors (Lipinski definition) is 1. The van der Waals surface area contributed by atoms with E-state index in [-0.39, 0.29) is 5.56 Å². The fourth-order valence-electron chi connectivity index (χ4n) is 2.29. The predicted octanol–water partition coefficient (Wildman–Crippen LogP) is 3.97. The Balaban J connectivity index is 1.92. The summed E-state index contributed by atoms with van der Waals surface area (Å²) in [5.41, 5.74) is 1.71. The number of rotatable bonds is 5. The molecule has 1 N–H and O–H groups in total. The molecule has 0 aliphatic rings. The van der Waals surface area contributed by atoms with Gasteiger partial charge in [-0.1, -0.05) is 54.4 Å². The van der Waals surface area contributed by atoms with Crippen molar-refractivity contribution in [2.24, 2.45) is 0 Å². The van der Waals surface area contributed by atoms with Gasteiger partial charge in [-0.05, 0) is 24.1 Å². The highest BCUT2D eigenvalue weighted by Gasteiger charge is 2.12. The third kappa shape index (κ3) is 3.54. The summed E-state index contributed by atoms with van der Waals surface area (Å²) < 4.78 is 1.89. The maximum atomic E-state index is 11.7. The Morgan fingerprint density at radius 1 is 1.26 bits per heavy atom. The summed E-state index contributed by atoms with van der Waals surface area (Å²) in [6.07, 6.45) is 1.72. The van der Waals surface area contributed by atoms with Crippen molar-refractivity contribution in [1.29, 1.82) is 0 Å². The monoisotopic (exact) mass is 368 g/mol. The van der Waals surface area contributed by atoms with Crippen LogP contribution in [0.15, 0.2) is 34.2 Å². The maximum Gasteiger partial charge on any atom is 0.252 e. The number of benzene rings is 1. The second-order valence-electron chi connectivity index (χ2n) is 5.04. The van der Waals surface area contributed by atoms with E-state index in [1.165, 1.54) is 11.8 Å². The second kappa shape index (κ2) is 6.95. The van der Waals surface area contributed by atoms with Crippen molar-refractivity contribution in [2.45, 2.75) is 30.7 Å². The number of H-pyrrole nitrogens is 1. The van der Waals surface area contributed by atoms with E-state index in [2.05, 4.69) is 22.1 Å². The number of aromatic amines is 1. The van der Waals surface area contributed by atoms with E-state index in [1.807, 2.05) is 16.5 Å². The molecular weight excluding hydrogens is 355 g/mol. The lowest BCUT2D eigenvalue weighted by molar-refractivity contribution is 0.800. The van der Waals surface area contributed by atoms with E-state index in [9.17, 15) is 4.79 Å². The first-order valence-corrected chi connectivity index (χ1v) is 8.86. The molecule has 0 unspecified atom stereocenters. The fraction of sp³-hybridized carbons (Fsp3) is 0.267. The average molecular weight is 369 g/mol. The normalized spacial score (nSPS) is 11.3. The lowest BCUT2D eigenvalue weighted by atomic mass is 10.2. The molecule has 0 radical (unpaired) electrons. The number of hydrogen-bond acceptors (Lipinski definition) is 4. The highest BCUT2D eigenvalue weighted by Crippen LogP contribution is 2.28. The predicted molar refractivity (Wildman–Crippen MR) is 93.6 cm³/mol. The van der Waals surface area contributed by atoms with Crippen molar-refractivity contribution in [1.82, 2.24) is 19.6 Å². The Kier molecular flexibility index (Phi) is 4.94. The lowest BCUT2D eigenvalue weighted by Crippen LogP contribution is -2.11. The number of aromatic nitrogens is 4. The van der Waals surface area contributed by atoms with Crippen LogP contribution < -0.4 is 5.56 Å². The zero-order chi connectivity index (χ0) is 16.4. The van der Waals surface area contributed by atoms with Crippen molar-refractivity contribution >= 4 is 40.7 Å². The molecule has 0 fully saturated rings. The molecule has 3 rings (SSSR count). The van der Waals surface area contributed by atoms with Gasteiger partial charge in [0.15, 0.2) is 5.16 Å². The van der Waals surface area contributed by atoms with Crippen LogP contribution in [0.4, 0.5) is 0 Å². The van der Waals surface area contributed by atoms with Gasteiger partial charge in [0.05, 0.1) is 0 Å². The third-order valence-corrected chi connectivity index (χ3v) is 4.90. The molecule has 2 aromatic heterocycles. The Labute approximate surface area is 147 Å². The molecule has 8 heteroatoms. The van der Waals surface area contributed by atoms with Crippen molar-refractivity contribution in [3.8, 4) is 0 Å². The first kappa shape index (κ1) is 16.4. The van der Waals surface area contributed by atoms with Crippen LogP contribution in [-0.2, 0) is 12.2 Å². The van der Waals surface area contributed by atoms with Gasteiger partial charge in [0.1, 0.15) is 0 Å². The summed E-state index contributed by atoms with van der Waals surface area (Å²) in [6.45, 7) is 2.07. The SMILES string of the molecule is CCCc1cc(=O)[nH]c2nnc(SCc3ccc(Cl)cc3Cl)n12. The molecule has 0 saturated heterocycles. The number of nitrogens with one attached hydrogen (secondary N) is 1. The summed E-state index contributed by atoms with van der Waals surface area (Å²) in [5.74, 6) is 1.10. The Bertz CT molecular complexity index is 906. The van der Waals surface area contributed by atoms with Gasteiger partial charge in [-0.2, -0.15) is 0 Å². The molecule has 3 aromatic rings. The molecule has 0 spiro atoms. The zero-order valence-corrected chi connectivity index (χ0v) is 14.7. The lowest BCUT2D eigenvalue weighted by Gasteiger charge is -2.07. The Hall–Kier alpha value is -1.50. The molecule has 2 heterocycles.